The minimum absolute atomic E-state index is 0.0248. The van der Waals surface area contributed by atoms with Gasteiger partial charge in [-0.3, -0.25) is 4.79 Å². The Hall–Kier alpha value is -3.84. The lowest BCUT2D eigenvalue weighted by Gasteiger charge is -2.05. The Morgan fingerprint density at radius 1 is 1.00 bits per heavy atom. The lowest BCUT2D eigenvalue weighted by atomic mass is 10.2. The molecule has 1 amide bonds. The molecule has 0 aliphatic heterocycles. The Balaban J connectivity index is 1.58. The SMILES string of the molecule is O=C(Oc1ccc(/C=N\NC(=O)c2ccc(O)cc2O)cc1)c1cccc(Cl)c1. The van der Waals surface area contributed by atoms with Gasteiger partial charge in [-0.25, -0.2) is 10.2 Å². The number of hydrogen-bond acceptors (Lipinski definition) is 6. The molecule has 0 fully saturated rings. The van der Waals surface area contributed by atoms with Gasteiger partial charge in [0.2, 0.25) is 0 Å². The van der Waals surface area contributed by atoms with E-state index < -0.39 is 11.9 Å². The monoisotopic (exact) mass is 410 g/mol. The molecule has 0 bridgehead atoms. The molecule has 0 aliphatic rings. The molecule has 3 rings (SSSR count). The number of nitrogens with one attached hydrogen (secondary N) is 1. The quantitative estimate of drug-likeness (QED) is 0.257. The molecule has 7 nitrogen and oxygen atoms in total. The fourth-order valence-electron chi connectivity index (χ4n) is 2.34. The Morgan fingerprint density at radius 2 is 1.76 bits per heavy atom. The molecule has 0 aromatic heterocycles. The molecule has 0 heterocycles. The highest BCUT2D eigenvalue weighted by Gasteiger charge is 2.11. The molecule has 146 valence electrons. The van der Waals surface area contributed by atoms with E-state index >= 15 is 0 Å². The average Bonchev–Trinajstić information content (AvgIpc) is 2.69. The number of phenols is 2. The van der Waals surface area contributed by atoms with Gasteiger partial charge in [0.1, 0.15) is 17.2 Å². The van der Waals surface area contributed by atoms with Crippen LogP contribution >= 0.6 is 11.6 Å². The van der Waals surface area contributed by atoms with Crippen molar-refractivity contribution in [1.29, 1.82) is 0 Å². The van der Waals surface area contributed by atoms with Crippen molar-refractivity contribution < 1.29 is 24.5 Å². The van der Waals surface area contributed by atoms with Gasteiger partial charge in [0.05, 0.1) is 17.3 Å². The Bertz CT molecular complexity index is 1080. The van der Waals surface area contributed by atoms with Crippen molar-refractivity contribution in [2.75, 3.05) is 0 Å². The molecular weight excluding hydrogens is 396 g/mol. The van der Waals surface area contributed by atoms with Gasteiger partial charge < -0.3 is 14.9 Å². The number of carbonyl (C=O) groups excluding carboxylic acids is 2. The van der Waals surface area contributed by atoms with Gasteiger partial charge in [-0.15, -0.1) is 0 Å². The largest absolute Gasteiger partial charge is 0.508 e. The van der Waals surface area contributed by atoms with E-state index in [2.05, 4.69) is 10.5 Å². The van der Waals surface area contributed by atoms with Gasteiger partial charge in [-0.2, -0.15) is 5.10 Å². The Morgan fingerprint density at radius 3 is 2.45 bits per heavy atom. The van der Waals surface area contributed by atoms with Crippen LogP contribution < -0.4 is 10.2 Å². The molecule has 0 saturated heterocycles. The van der Waals surface area contributed by atoms with Crippen LogP contribution in [0.3, 0.4) is 0 Å². The van der Waals surface area contributed by atoms with E-state index in [1.807, 2.05) is 0 Å². The summed E-state index contributed by atoms with van der Waals surface area (Å²) in [6.07, 6.45) is 1.39. The number of amides is 1. The molecular formula is C21H15ClN2O5. The first-order valence-electron chi connectivity index (χ1n) is 8.35. The molecule has 3 aromatic carbocycles. The number of rotatable bonds is 5. The van der Waals surface area contributed by atoms with E-state index in [1.54, 1.807) is 42.5 Å². The number of ether oxygens (including phenoxy) is 1. The normalized spacial score (nSPS) is 10.7. The molecule has 0 radical (unpaired) electrons. The van der Waals surface area contributed by atoms with Crippen LogP contribution in [0.25, 0.3) is 0 Å². The number of esters is 1. The molecule has 0 atom stereocenters. The number of phenolic OH excluding ortho intramolecular Hbond substituents is 2. The summed E-state index contributed by atoms with van der Waals surface area (Å²) < 4.78 is 5.27. The van der Waals surface area contributed by atoms with Crippen molar-refractivity contribution in [1.82, 2.24) is 5.43 Å². The highest BCUT2D eigenvalue weighted by Crippen LogP contribution is 2.22. The summed E-state index contributed by atoms with van der Waals surface area (Å²) in [5.74, 6) is -1.34. The maximum atomic E-state index is 12.1. The zero-order valence-electron chi connectivity index (χ0n) is 14.9. The van der Waals surface area contributed by atoms with Crippen LogP contribution in [0.4, 0.5) is 0 Å². The predicted octanol–water partition coefficient (Wildman–Crippen LogP) is 3.73. The molecule has 8 heteroatoms. The van der Waals surface area contributed by atoms with Gasteiger partial charge in [-0.05, 0) is 60.2 Å². The second kappa shape index (κ2) is 8.90. The average molecular weight is 411 g/mol. The second-order valence-corrected chi connectivity index (χ2v) is 6.31. The van der Waals surface area contributed by atoms with Crippen molar-refractivity contribution in [2.24, 2.45) is 5.10 Å². The maximum absolute atomic E-state index is 12.1. The van der Waals surface area contributed by atoms with E-state index in [-0.39, 0.29) is 17.1 Å². The summed E-state index contributed by atoms with van der Waals surface area (Å²) >= 11 is 5.86. The maximum Gasteiger partial charge on any atom is 0.343 e. The van der Waals surface area contributed by atoms with Crippen LogP contribution in [0.2, 0.25) is 5.02 Å². The topological polar surface area (TPSA) is 108 Å². The third-order valence-electron chi connectivity index (χ3n) is 3.76. The minimum Gasteiger partial charge on any atom is -0.508 e. The van der Waals surface area contributed by atoms with Crippen LogP contribution in [0.15, 0.2) is 71.8 Å². The molecule has 0 aliphatic carbocycles. The molecule has 29 heavy (non-hydrogen) atoms. The standard InChI is InChI=1S/C21H15ClN2O5/c22-15-3-1-2-14(10-15)21(28)29-17-7-4-13(5-8-17)12-23-24-20(27)18-9-6-16(25)11-19(18)26/h1-12,25-26H,(H,24,27)/b23-12-. The Labute approximate surface area is 170 Å². The molecule has 3 aromatic rings. The van der Waals surface area contributed by atoms with Crippen LogP contribution in [0.5, 0.6) is 17.2 Å². The summed E-state index contributed by atoms with van der Waals surface area (Å²) in [5, 5.41) is 23.1. The van der Waals surface area contributed by atoms with Crippen molar-refractivity contribution in [3.05, 3.63) is 88.4 Å². The first kappa shape index (κ1) is 19.9. The molecule has 3 N–H and O–H groups in total. The number of benzene rings is 3. The first-order chi connectivity index (χ1) is 13.9. The van der Waals surface area contributed by atoms with E-state index in [1.165, 1.54) is 24.4 Å². The summed E-state index contributed by atoms with van der Waals surface area (Å²) in [6.45, 7) is 0. The van der Waals surface area contributed by atoms with Crippen molar-refractivity contribution in [3.63, 3.8) is 0 Å². The fraction of sp³-hybridized carbons (Fsp3) is 0. The molecule has 0 unspecified atom stereocenters. The van der Waals surface area contributed by atoms with Gasteiger partial charge in [0, 0.05) is 11.1 Å². The lowest BCUT2D eigenvalue weighted by molar-refractivity contribution is 0.0734. The van der Waals surface area contributed by atoms with Gasteiger partial charge in [0.25, 0.3) is 5.91 Å². The highest BCUT2D eigenvalue weighted by atomic mass is 35.5. The summed E-state index contributed by atoms with van der Waals surface area (Å²) in [5.41, 5.74) is 3.23. The van der Waals surface area contributed by atoms with E-state index in [0.29, 0.717) is 21.9 Å². The predicted molar refractivity (Wildman–Crippen MR) is 108 cm³/mol. The van der Waals surface area contributed by atoms with Crippen molar-refractivity contribution in [2.45, 2.75) is 0 Å². The zero-order valence-corrected chi connectivity index (χ0v) is 15.6. The second-order valence-electron chi connectivity index (χ2n) is 5.87. The smallest absolute Gasteiger partial charge is 0.343 e. The van der Waals surface area contributed by atoms with E-state index in [9.17, 15) is 19.8 Å². The van der Waals surface area contributed by atoms with Gasteiger partial charge in [0.15, 0.2) is 0 Å². The van der Waals surface area contributed by atoms with Crippen LogP contribution in [0, 0.1) is 0 Å². The van der Waals surface area contributed by atoms with Crippen molar-refractivity contribution >= 4 is 29.7 Å². The van der Waals surface area contributed by atoms with Crippen molar-refractivity contribution in [3.8, 4) is 17.2 Å². The zero-order chi connectivity index (χ0) is 20.8. The number of hydrogen-bond donors (Lipinski definition) is 3. The minimum atomic E-state index is -0.633. The number of carbonyl (C=O) groups is 2. The van der Waals surface area contributed by atoms with Gasteiger partial charge in [-0.1, -0.05) is 17.7 Å². The van der Waals surface area contributed by atoms with E-state index in [4.69, 9.17) is 16.3 Å². The fourth-order valence-corrected chi connectivity index (χ4v) is 2.53. The van der Waals surface area contributed by atoms with Crippen LogP contribution in [-0.2, 0) is 0 Å². The number of halogens is 1. The molecule has 0 spiro atoms. The van der Waals surface area contributed by atoms with Crippen LogP contribution in [-0.4, -0.2) is 28.3 Å². The first-order valence-corrected chi connectivity index (χ1v) is 8.73. The number of hydrazone groups is 1. The summed E-state index contributed by atoms with van der Waals surface area (Å²) in [6, 6.07) is 16.5. The lowest BCUT2D eigenvalue weighted by Crippen LogP contribution is -2.17. The summed E-state index contributed by atoms with van der Waals surface area (Å²) in [4.78, 5) is 24.1. The van der Waals surface area contributed by atoms with E-state index in [0.717, 1.165) is 6.07 Å². The Kier molecular flexibility index (Phi) is 6.11. The number of nitrogens with zero attached hydrogens (tertiary/aromatic N) is 1. The molecule has 0 saturated carbocycles. The van der Waals surface area contributed by atoms with Crippen LogP contribution in [0.1, 0.15) is 26.3 Å². The third-order valence-corrected chi connectivity index (χ3v) is 3.99. The number of aromatic hydroxyl groups is 2. The van der Waals surface area contributed by atoms with Gasteiger partial charge >= 0.3 is 5.97 Å². The highest BCUT2D eigenvalue weighted by molar-refractivity contribution is 6.30. The third kappa shape index (κ3) is 5.33. The summed E-state index contributed by atoms with van der Waals surface area (Å²) in [7, 11) is 0.